The number of fused-ring (bicyclic) bond motifs is 8. The topological polar surface area (TPSA) is 204 Å². The quantitative estimate of drug-likeness (QED) is 0.0607. The summed E-state index contributed by atoms with van der Waals surface area (Å²) in [6.07, 6.45) is 0. The number of nitrogens with one attached hydrogen (secondary N) is 4. The van der Waals surface area contributed by atoms with E-state index in [1.165, 1.54) is 18.7 Å². The monoisotopic (exact) mass is 1610 g/mol. The molecule has 0 saturated heterocycles. The fourth-order valence-corrected chi connectivity index (χ4v) is 25.4. The van der Waals surface area contributed by atoms with Gasteiger partial charge in [0.05, 0.1) is 45.7 Å². The van der Waals surface area contributed by atoms with Gasteiger partial charge in [-0.15, -0.1) is 0 Å². The van der Waals surface area contributed by atoms with E-state index >= 15 is 38.4 Å². The van der Waals surface area contributed by atoms with Gasteiger partial charge < -0.3 is 21.3 Å². The van der Waals surface area contributed by atoms with Crippen molar-refractivity contribution in [2.45, 2.75) is 75.0 Å². The first kappa shape index (κ1) is 76.0. The smallest absolute Gasteiger partial charge is 0.274 e. The molecule has 16 nitrogen and oxygen atoms in total. The molecule has 0 radical (unpaired) electrons. The molecule has 0 fully saturated rings. The highest BCUT2D eigenvalue weighted by Gasteiger charge is 2.53. The van der Waals surface area contributed by atoms with Gasteiger partial charge in [-0.2, -0.15) is 0 Å². The van der Waals surface area contributed by atoms with Gasteiger partial charge in [-0.25, -0.2) is 18.7 Å². The molecule has 2 aliphatic rings. The van der Waals surface area contributed by atoms with Crippen LogP contribution in [0.15, 0.2) is 359 Å². The van der Waals surface area contributed by atoms with Crippen LogP contribution in [0.2, 0.25) is 0 Å². The highest BCUT2D eigenvalue weighted by atomic mass is 31.1. The van der Waals surface area contributed by atoms with Crippen LogP contribution in [0.4, 0.5) is 0 Å². The number of benzene rings is 15. The Labute approximate surface area is 692 Å². The van der Waals surface area contributed by atoms with Crippen molar-refractivity contribution in [2.75, 3.05) is 0 Å². The molecule has 0 aliphatic carbocycles. The van der Waals surface area contributed by atoms with E-state index in [1.807, 2.05) is 270 Å². The van der Waals surface area contributed by atoms with E-state index in [1.54, 1.807) is 97.1 Å². The summed E-state index contributed by atoms with van der Waals surface area (Å²) < 4.78 is 6.01. The van der Waals surface area contributed by atoms with Crippen molar-refractivity contribution in [1.82, 2.24) is 40.0 Å². The molecule has 2 aromatic heterocycles. The molecular weight excluding hydrogens is 1530 g/mol. The van der Waals surface area contributed by atoms with E-state index in [9.17, 15) is 0 Å². The number of carbonyl (C=O) groups is 4. The van der Waals surface area contributed by atoms with Gasteiger partial charge in [0, 0.05) is 22.3 Å². The second-order valence-corrected chi connectivity index (χ2v) is 35.4. The van der Waals surface area contributed by atoms with E-state index in [-0.39, 0.29) is 43.8 Å². The predicted octanol–water partition coefficient (Wildman–Crippen LogP) is 19.0. The van der Waals surface area contributed by atoms with Gasteiger partial charge in [0.25, 0.3) is 45.9 Å². The molecule has 4 heterocycles. The van der Waals surface area contributed by atoms with Gasteiger partial charge in [0.15, 0.2) is 0 Å². The van der Waals surface area contributed by atoms with Crippen LogP contribution >= 0.6 is 15.8 Å². The van der Waals surface area contributed by atoms with E-state index in [0.29, 0.717) is 32.9 Å². The Morgan fingerprint density at radius 2 is 0.433 bits per heavy atom. The van der Waals surface area contributed by atoms with Crippen LogP contribution in [0.1, 0.15) is 161 Å². The third kappa shape index (κ3) is 13.0. The van der Waals surface area contributed by atoms with Gasteiger partial charge in [0.2, 0.25) is 0 Å². The van der Waals surface area contributed by atoms with Crippen molar-refractivity contribution >= 4 is 115 Å². The van der Waals surface area contributed by atoms with E-state index in [4.69, 9.17) is 0 Å². The van der Waals surface area contributed by atoms with Crippen LogP contribution in [0.25, 0.3) is 64.6 Å². The summed E-state index contributed by atoms with van der Waals surface area (Å²) in [5.41, 5.74) is 3.71. The highest BCUT2D eigenvalue weighted by molar-refractivity contribution is 7.67. The van der Waals surface area contributed by atoms with E-state index < -0.39 is 109 Å². The van der Waals surface area contributed by atoms with Gasteiger partial charge in [-0.3, -0.25) is 38.4 Å². The van der Waals surface area contributed by atoms with Crippen LogP contribution < -0.4 is 54.1 Å². The van der Waals surface area contributed by atoms with Crippen molar-refractivity contribution in [2.24, 2.45) is 0 Å². The fraction of sp³-hybridized carbons (Fsp3) is 0.118. The minimum Gasteiger partial charge on any atom is -0.345 e. The number of hydrogen-bond acceptors (Lipinski definition) is 8. The maximum absolute atomic E-state index is 17.0. The Morgan fingerprint density at radius 1 is 0.233 bits per heavy atom. The lowest BCUT2D eigenvalue weighted by Crippen LogP contribution is -2.39. The molecule has 19 rings (SSSR count). The molecule has 0 bridgehead atoms. The Bertz CT molecular complexity index is 6890. The molecule has 4 N–H and O–H groups in total. The molecule has 586 valence electrons. The number of hydrogen-bond donors (Lipinski definition) is 4. The molecule has 0 spiro atoms. The minimum absolute atomic E-state index is 0.104. The largest absolute Gasteiger partial charge is 0.345 e. The van der Waals surface area contributed by atoms with Gasteiger partial charge in [-0.05, 0) is 190 Å². The second-order valence-electron chi connectivity index (χ2n) is 30.9. The van der Waals surface area contributed by atoms with Crippen molar-refractivity contribution in [3.8, 4) is 0 Å². The SMILES string of the molecule is C[C@H](NC(=O)c1ccccc1[C@H]1n2c(=O)c3ccccc3c(=O)n2[C@H](c2ccccc2[C@H]2n3c(=O)c4ccccc4c(=O)n3[C@H](c3ccccc3C(=O)N[C@@H](C)c3cccc4ccccc34)P2c2ccccc2C(=O)N[C@@H](C)c2cccc3ccccc23)P1c1ccccc1C(=O)N[C@@H](C)c1cccc2ccccc12)c1cccc2ccccc12. The number of carbonyl (C=O) groups excluding carboxylic acids is 4. The zero-order valence-electron chi connectivity index (χ0n) is 65.9. The lowest BCUT2D eigenvalue weighted by atomic mass is 9.99. The first-order valence-electron chi connectivity index (χ1n) is 40.3. The number of aromatic nitrogens is 4. The normalized spacial score (nSPS) is 17.1. The summed E-state index contributed by atoms with van der Waals surface area (Å²) >= 11 is 0. The fourth-order valence-electron chi connectivity index (χ4n) is 18.4. The predicted molar refractivity (Wildman–Crippen MR) is 482 cm³/mol. The summed E-state index contributed by atoms with van der Waals surface area (Å²) in [6.45, 7) is 7.73. The Balaban J connectivity index is 0.865. The molecule has 2 aliphatic heterocycles. The summed E-state index contributed by atoms with van der Waals surface area (Å²) in [6, 6.07) is 103. The summed E-state index contributed by atoms with van der Waals surface area (Å²) in [5, 5.41) is 22.6. The zero-order valence-corrected chi connectivity index (χ0v) is 67.7. The zero-order chi connectivity index (χ0) is 82.1. The third-order valence-electron chi connectivity index (χ3n) is 24.0. The van der Waals surface area contributed by atoms with Crippen molar-refractivity contribution in [3.05, 3.63) is 448 Å². The summed E-state index contributed by atoms with van der Waals surface area (Å²) in [4.78, 5) is 132. The molecule has 18 heteroatoms. The van der Waals surface area contributed by atoms with Crippen LogP contribution in [-0.4, -0.2) is 42.4 Å². The average Bonchev–Trinajstić information content (AvgIpc) is 1.53. The van der Waals surface area contributed by atoms with E-state index in [2.05, 4.69) is 21.3 Å². The molecule has 4 amide bonds. The first-order chi connectivity index (χ1) is 58.6. The summed E-state index contributed by atoms with van der Waals surface area (Å²) in [5.74, 6) is -6.91. The Kier molecular flexibility index (Phi) is 19.9. The van der Waals surface area contributed by atoms with Crippen LogP contribution in [0, 0.1) is 0 Å². The number of rotatable bonds is 18. The maximum Gasteiger partial charge on any atom is 0.274 e. The lowest BCUT2D eigenvalue weighted by molar-refractivity contribution is 0.0930. The Morgan fingerprint density at radius 3 is 0.717 bits per heavy atom. The average molecular weight is 1610 g/mol. The van der Waals surface area contributed by atoms with Crippen molar-refractivity contribution < 1.29 is 19.2 Å². The molecular formula is C102H80N8O8P2. The van der Waals surface area contributed by atoms with Gasteiger partial charge in [-0.1, -0.05) is 291 Å². The molecule has 0 saturated carbocycles. The molecule has 2 unspecified atom stereocenters. The minimum atomic E-state index is -2.39. The van der Waals surface area contributed by atoms with Gasteiger partial charge in [0.1, 0.15) is 23.1 Å². The molecule has 15 aromatic carbocycles. The first-order valence-corrected chi connectivity index (χ1v) is 43.3. The van der Waals surface area contributed by atoms with Crippen molar-refractivity contribution in [3.63, 3.8) is 0 Å². The second kappa shape index (κ2) is 31.4. The Hall–Kier alpha value is -14.0. The van der Waals surface area contributed by atoms with E-state index in [0.717, 1.165) is 65.3 Å². The van der Waals surface area contributed by atoms with Crippen LogP contribution in [-0.2, 0) is 0 Å². The van der Waals surface area contributed by atoms with Gasteiger partial charge >= 0.3 is 0 Å². The number of nitrogens with zero attached hydrogens (tertiary/aromatic N) is 4. The summed E-state index contributed by atoms with van der Waals surface area (Å²) in [7, 11) is -4.78. The van der Waals surface area contributed by atoms with Crippen LogP contribution in [0.3, 0.4) is 0 Å². The highest BCUT2D eigenvalue weighted by Crippen LogP contribution is 2.70. The van der Waals surface area contributed by atoms with Crippen molar-refractivity contribution in [1.29, 1.82) is 0 Å². The maximum atomic E-state index is 17.0. The molecule has 10 atom stereocenters. The number of amides is 4. The van der Waals surface area contributed by atoms with Crippen LogP contribution in [0.5, 0.6) is 0 Å². The molecule has 17 aromatic rings. The standard InChI is InChI=1S/C102H80N8O8P2/c1-61(69-55-27-35-65-31-5-9-39-73(65)69)103-91(111)77-43-13-19-49-83(77)99-107-95(115)79-45-15-17-47-81(79)97(117)109(107)101(119(99)89-59-25-23-53-87(89)93(113)105-63(3)71-57-29-37-67-33-7-11-41-75(67)71)85-51-21-22-52-86(85)102-110-98(118)82-48-18-16-46-80(82)96(116)108(110)100(84-50-20-14-44-78(84)92(112)104-62(2)70-56-28-36-66-32-6-10-40-74(66)70)120(102)90-60-26-24-54-88(90)94(114)106-64(4)72-58-30-38-68-34-8-12-42-76(68)72/h5-64,99-102H,1-4H3,(H,103,111)(H,104,112)(H,105,113)(H,106,114)/t61-,62-,63-,64-,99-,100-,101-,102-,119?,120?/m0/s1. The third-order valence-corrected chi connectivity index (χ3v) is 30.0. The lowest BCUT2D eigenvalue weighted by Gasteiger charge is -2.32. The molecule has 120 heavy (non-hydrogen) atoms.